The molecule has 24 heavy (non-hydrogen) atoms. The molecular formula is C21H18FNO. The second-order valence-electron chi connectivity index (χ2n) is 6.46. The van der Waals surface area contributed by atoms with E-state index in [2.05, 4.69) is 5.32 Å². The van der Waals surface area contributed by atoms with E-state index in [1.165, 1.54) is 12.1 Å². The molecule has 0 aromatic heterocycles. The highest BCUT2D eigenvalue weighted by atomic mass is 19.1. The van der Waals surface area contributed by atoms with Gasteiger partial charge in [0.2, 0.25) is 5.91 Å². The van der Waals surface area contributed by atoms with Gasteiger partial charge in [-0.15, -0.1) is 0 Å². The summed E-state index contributed by atoms with van der Waals surface area (Å²) in [6.07, 6.45) is 2.62. The van der Waals surface area contributed by atoms with E-state index in [1.807, 2.05) is 42.5 Å². The van der Waals surface area contributed by atoms with Gasteiger partial charge in [-0.05, 0) is 53.4 Å². The van der Waals surface area contributed by atoms with E-state index in [-0.39, 0.29) is 11.7 Å². The molecule has 3 aromatic rings. The molecule has 4 rings (SSSR count). The number of carbonyl (C=O) groups excluding carboxylic acids is 1. The smallest absolute Gasteiger partial charge is 0.235 e. The topological polar surface area (TPSA) is 29.1 Å². The summed E-state index contributed by atoms with van der Waals surface area (Å²) in [4.78, 5) is 12.9. The van der Waals surface area contributed by atoms with E-state index in [0.717, 1.165) is 41.3 Å². The Balaban J connectivity index is 1.62. The number of rotatable bonds is 3. The molecule has 1 amide bonds. The predicted molar refractivity (Wildman–Crippen MR) is 94.5 cm³/mol. The Morgan fingerprint density at radius 1 is 0.917 bits per heavy atom. The van der Waals surface area contributed by atoms with Gasteiger partial charge in [-0.2, -0.15) is 0 Å². The maximum atomic E-state index is 13.2. The first-order chi connectivity index (χ1) is 11.7. The van der Waals surface area contributed by atoms with Crippen molar-refractivity contribution in [3.63, 3.8) is 0 Å². The van der Waals surface area contributed by atoms with Crippen LogP contribution in [0.5, 0.6) is 0 Å². The molecule has 120 valence electrons. The minimum atomic E-state index is -0.528. The summed E-state index contributed by atoms with van der Waals surface area (Å²) < 4.78 is 13.2. The number of fused-ring (bicyclic) bond motifs is 1. The van der Waals surface area contributed by atoms with Crippen molar-refractivity contribution >= 4 is 22.4 Å². The van der Waals surface area contributed by atoms with Crippen molar-refractivity contribution in [3.8, 4) is 0 Å². The van der Waals surface area contributed by atoms with E-state index in [0.29, 0.717) is 0 Å². The lowest BCUT2D eigenvalue weighted by atomic mass is 9.64. The fourth-order valence-electron chi connectivity index (χ4n) is 3.46. The largest absolute Gasteiger partial charge is 0.325 e. The van der Waals surface area contributed by atoms with Crippen molar-refractivity contribution in [1.82, 2.24) is 0 Å². The number of carbonyl (C=O) groups is 1. The van der Waals surface area contributed by atoms with Gasteiger partial charge in [0.1, 0.15) is 5.82 Å². The first-order valence-corrected chi connectivity index (χ1v) is 8.24. The van der Waals surface area contributed by atoms with Crippen molar-refractivity contribution in [3.05, 3.63) is 78.1 Å². The maximum absolute atomic E-state index is 13.2. The molecule has 1 saturated carbocycles. The zero-order valence-electron chi connectivity index (χ0n) is 13.3. The first-order valence-electron chi connectivity index (χ1n) is 8.24. The van der Waals surface area contributed by atoms with Crippen LogP contribution in [0.15, 0.2) is 66.7 Å². The summed E-state index contributed by atoms with van der Waals surface area (Å²) in [6.45, 7) is 0. The van der Waals surface area contributed by atoms with Crippen LogP contribution in [0.3, 0.4) is 0 Å². The van der Waals surface area contributed by atoms with Gasteiger partial charge in [-0.25, -0.2) is 4.39 Å². The van der Waals surface area contributed by atoms with Crippen LogP contribution in [0.4, 0.5) is 10.1 Å². The zero-order valence-corrected chi connectivity index (χ0v) is 13.3. The molecule has 0 unspecified atom stereocenters. The highest BCUT2D eigenvalue weighted by Crippen LogP contribution is 2.44. The molecule has 0 saturated heterocycles. The summed E-state index contributed by atoms with van der Waals surface area (Å²) >= 11 is 0. The Hall–Kier alpha value is -2.68. The Morgan fingerprint density at radius 3 is 2.29 bits per heavy atom. The van der Waals surface area contributed by atoms with Crippen LogP contribution in [0.2, 0.25) is 0 Å². The second-order valence-corrected chi connectivity index (χ2v) is 6.46. The number of amides is 1. The Bertz CT molecular complexity index is 897. The highest BCUT2D eigenvalue weighted by molar-refractivity contribution is 6.01. The molecule has 0 atom stereocenters. The van der Waals surface area contributed by atoms with Crippen molar-refractivity contribution in [1.29, 1.82) is 0 Å². The van der Waals surface area contributed by atoms with Crippen LogP contribution in [0.25, 0.3) is 10.8 Å². The molecule has 3 heteroatoms. The summed E-state index contributed by atoms with van der Waals surface area (Å²) in [6, 6.07) is 20.3. The molecule has 1 N–H and O–H groups in total. The normalized spacial score (nSPS) is 15.7. The van der Waals surface area contributed by atoms with Gasteiger partial charge in [0, 0.05) is 5.69 Å². The lowest BCUT2D eigenvalue weighted by molar-refractivity contribution is -0.124. The molecule has 0 aliphatic heterocycles. The molecule has 1 aliphatic rings. The van der Waals surface area contributed by atoms with Gasteiger partial charge in [0.25, 0.3) is 0 Å². The van der Waals surface area contributed by atoms with Crippen LogP contribution in [0, 0.1) is 5.82 Å². The number of hydrogen-bond acceptors (Lipinski definition) is 1. The number of nitrogens with one attached hydrogen (secondary N) is 1. The molecule has 2 nitrogen and oxygen atoms in total. The standard InChI is InChI=1S/C21H18FNO/c22-18-9-7-17(8-10-18)21(12-3-13-21)20(24)23-19-11-6-15-4-1-2-5-16(15)14-19/h1-2,4-11,14H,3,12-13H2,(H,23,24). The van der Waals surface area contributed by atoms with E-state index in [1.54, 1.807) is 12.1 Å². The Morgan fingerprint density at radius 2 is 1.62 bits per heavy atom. The minimum Gasteiger partial charge on any atom is -0.325 e. The molecule has 0 spiro atoms. The average molecular weight is 319 g/mol. The number of anilines is 1. The Kier molecular flexibility index (Phi) is 3.57. The summed E-state index contributed by atoms with van der Waals surface area (Å²) in [5.41, 5.74) is 1.17. The van der Waals surface area contributed by atoms with Crippen LogP contribution in [-0.2, 0) is 10.2 Å². The van der Waals surface area contributed by atoms with E-state index < -0.39 is 5.41 Å². The van der Waals surface area contributed by atoms with Gasteiger partial charge >= 0.3 is 0 Å². The van der Waals surface area contributed by atoms with Crippen LogP contribution >= 0.6 is 0 Å². The predicted octanol–water partition coefficient (Wildman–Crippen LogP) is 5.04. The van der Waals surface area contributed by atoms with Crippen LogP contribution in [-0.4, -0.2) is 5.91 Å². The molecule has 1 fully saturated rings. The number of hydrogen-bond donors (Lipinski definition) is 1. The summed E-state index contributed by atoms with van der Waals surface area (Å²) in [7, 11) is 0. The maximum Gasteiger partial charge on any atom is 0.235 e. The summed E-state index contributed by atoms with van der Waals surface area (Å²) in [5.74, 6) is -0.279. The average Bonchev–Trinajstić information content (AvgIpc) is 2.55. The fraction of sp³-hybridized carbons (Fsp3) is 0.190. The zero-order chi connectivity index (χ0) is 16.6. The van der Waals surface area contributed by atoms with Crippen molar-refractivity contribution in [2.75, 3.05) is 5.32 Å². The van der Waals surface area contributed by atoms with E-state index in [4.69, 9.17) is 0 Å². The fourth-order valence-corrected chi connectivity index (χ4v) is 3.46. The lowest BCUT2D eigenvalue weighted by Gasteiger charge is -2.40. The van der Waals surface area contributed by atoms with Gasteiger partial charge in [-0.1, -0.05) is 48.9 Å². The number of benzene rings is 3. The van der Waals surface area contributed by atoms with E-state index in [9.17, 15) is 9.18 Å². The molecule has 3 aromatic carbocycles. The van der Waals surface area contributed by atoms with Gasteiger partial charge < -0.3 is 5.32 Å². The van der Waals surface area contributed by atoms with Crippen molar-refractivity contribution in [2.24, 2.45) is 0 Å². The SMILES string of the molecule is O=C(Nc1ccc2ccccc2c1)C1(c2ccc(F)cc2)CCC1. The molecule has 0 bridgehead atoms. The van der Waals surface area contributed by atoms with Crippen LogP contribution < -0.4 is 5.32 Å². The monoisotopic (exact) mass is 319 g/mol. The third-order valence-corrected chi connectivity index (χ3v) is 5.05. The van der Waals surface area contributed by atoms with Gasteiger partial charge in [0.05, 0.1) is 5.41 Å². The Labute approximate surface area is 140 Å². The minimum absolute atomic E-state index is 0.00404. The molecule has 1 aliphatic carbocycles. The van der Waals surface area contributed by atoms with Gasteiger partial charge in [0.15, 0.2) is 0 Å². The molecular weight excluding hydrogens is 301 g/mol. The van der Waals surface area contributed by atoms with E-state index >= 15 is 0 Å². The molecule has 0 heterocycles. The molecule has 0 radical (unpaired) electrons. The lowest BCUT2D eigenvalue weighted by Crippen LogP contribution is -2.46. The quantitative estimate of drug-likeness (QED) is 0.720. The highest BCUT2D eigenvalue weighted by Gasteiger charge is 2.45. The third-order valence-electron chi connectivity index (χ3n) is 5.05. The number of halogens is 1. The first kappa shape index (κ1) is 14.9. The summed E-state index contributed by atoms with van der Waals surface area (Å²) in [5, 5.41) is 5.30. The second kappa shape index (κ2) is 5.75. The third kappa shape index (κ3) is 2.46. The van der Waals surface area contributed by atoms with Crippen molar-refractivity contribution in [2.45, 2.75) is 24.7 Å². The van der Waals surface area contributed by atoms with Crippen molar-refractivity contribution < 1.29 is 9.18 Å². The van der Waals surface area contributed by atoms with Gasteiger partial charge in [-0.3, -0.25) is 4.79 Å². The van der Waals surface area contributed by atoms with Crippen LogP contribution in [0.1, 0.15) is 24.8 Å².